The topological polar surface area (TPSA) is 125 Å². The molecular weight excluding hydrogens is 622 g/mol. The number of imide groups is 1. The van der Waals surface area contributed by atoms with Gasteiger partial charge in [-0.15, -0.1) is 0 Å². The summed E-state index contributed by atoms with van der Waals surface area (Å²) < 4.78 is 10.9. The van der Waals surface area contributed by atoms with Crippen LogP contribution in [0.4, 0.5) is 4.79 Å². The number of nitrogens with one attached hydrogen (secondary N) is 1. The van der Waals surface area contributed by atoms with Crippen LogP contribution in [0.3, 0.4) is 0 Å². The van der Waals surface area contributed by atoms with E-state index in [0.29, 0.717) is 22.6 Å². The molecule has 49 heavy (non-hydrogen) atoms. The Balaban J connectivity index is 0.00000486. The van der Waals surface area contributed by atoms with E-state index in [0.717, 1.165) is 21.6 Å². The fourth-order valence-corrected chi connectivity index (χ4v) is 6.52. The van der Waals surface area contributed by atoms with E-state index in [-0.39, 0.29) is 27.1 Å². The first-order valence-electron chi connectivity index (χ1n) is 16.3. The van der Waals surface area contributed by atoms with Crippen molar-refractivity contribution in [1.82, 2.24) is 15.1 Å². The fourth-order valence-electron chi connectivity index (χ4n) is 6.52. The van der Waals surface area contributed by atoms with Crippen LogP contribution in [-0.4, -0.2) is 51.6 Å². The number of carbonyl (C=O) groups excluding carboxylic acids is 3. The number of ether oxygens (including phenoxy) is 2. The van der Waals surface area contributed by atoms with Crippen molar-refractivity contribution in [2.24, 2.45) is 5.92 Å². The van der Waals surface area contributed by atoms with Gasteiger partial charge in [0.05, 0.1) is 12.5 Å². The molecule has 1 saturated heterocycles. The molecule has 4 amide bonds. The Morgan fingerprint density at radius 1 is 0.878 bits per heavy atom. The molecule has 2 aliphatic heterocycles. The molecule has 10 heteroatoms. The van der Waals surface area contributed by atoms with Gasteiger partial charge >= 0.3 is 12.0 Å². The molecule has 4 aromatic carbocycles. The number of benzene rings is 4. The molecule has 4 aromatic rings. The molecule has 2 aliphatic rings. The molecule has 2 heterocycles. The molecule has 0 aliphatic carbocycles. The van der Waals surface area contributed by atoms with Gasteiger partial charge in [0.15, 0.2) is 11.5 Å². The summed E-state index contributed by atoms with van der Waals surface area (Å²) in [6, 6.07) is 29.1. The third kappa shape index (κ3) is 6.72. The van der Waals surface area contributed by atoms with Crippen LogP contribution >= 0.6 is 0 Å². The quantitative estimate of drug-likeness (QED) is 0.161. The minimum Gasteiger partial charge on any atom is -0.481 e. The van der Waals surface area contributed by atoms with Crippen molar-refractivity contribution >= 4 is 23.8 Å². The maximum atomic E-state index is 14.6. The number of carbonyl (C=O) groups is 4. The van der Waals surface area contributed by atoms with Crippen LogP contribution in [-0.2, 0) is 26.5 Å². The summed E-state index contributed by atoms with van der Waals surface area (Å²) in [5.41, 5.74) is 2.60. The average molecular weight is 664 g/mol. The van der Waals surface area contributed by atoms with Crippen LogP contribution in [0.2, 0.25) is 0 Å². The Morgan fingerprint density at radius 3 is 2.16 bits per heavy atom. The normalized spacial score (nSPS) is 18.1. The number of urea groups is 1. The smallest absolute Gasteiger partial charge is 0.329 e. The largest absolute Gasteiger partial charge is 0.481 e. The number of fused-ring (bicyclic) bond motifs is 1. The molecule has 0 spiro atoms. The zero-order chi connectivity index (χ0) is 34.7. The van der Waals surface area contributed by atoms with Crippen molar-refractivity contribution in [1.29, 1.82) is 0 Å². The van der Waals surface area contributed by atoms with E-state index in [1.807, 2.05) is 86.6 Å². The summed E-state index contributed by atoms with van der Waals surface area (Å²) in [5, 5.41) is 12.6. The van der Waals surface area contributed by atoms with E-state index >= 15 is 0 Å². The maximum absolute atomic E-state index is 14.6. The Labute approximate surface area is 286 Å². The summed E-state index contributed by atoms with van der Waals surface area (Å²) in [6.45, 7) is 5.68. The minimum absolute atomic E-state index is 0. The summed E-state index contributed by atoms with van der Waals surface area (Å²) in [5.74, 6) is -1.39. The van der Waals surface area contributed by atoms with Gasteiger partial charge in [-0.1, -0.05) is 105 Å². The molecule has 6 rings (SSSR count). The lowest BCUT2D eigenvalue weighted by molar-refractivity contribution is -0.141. The Hall–Kier alpha value is -5.64. The van der Waals surface area contributed by atoms with E-state index < -0.39 is 47.9 Å². The van der Waals surface area contributed by atoms with Gasteiger partial charge in [-0.3, -0.25) is 14.4 Å². The highest BCUT2D eigenvalue weighted by molar-refractivity contribution is 6.10. The molecule has 0 unspecified atom stereocenters. The highest BCUT2D eigenvalue weighted by Crippen LogP contribution is 2.41. The number of hydrogen-bond acceptors (Lipinski definition) is 6. The van der Waals surface area contributed by atoms with E-state index in [4.69, 9.17) is 9.47 Å². The van der Waals surface area contributed by atoms with E-state index in [1.54, 1.807) is 37.3 Å². The second kappa shape index (κ2) is 13.8. The Morgan fingerprint density at radius 2 is 1.51 bits per heavy atom. The summed E-state index contributed by atoms with van der Waals surface area (Å²) in [4.78, 5) is 57.9. The van der Waals surface area contributed by atoms with Gasteiger partial charge in [-0.2, -0.15) is 0 Å². The van der Waals surface area contributed by atoms with Crippen LogP contribution in [0.25, 0.3) is 11.1 Å². The van der Waals surface area contributed by atoms with Gasteiger partial charge < -0.3 is 24.8 Å². The Bertz CT molecular complexity index is 1850. The molecule has 2 N–H and O–H groups in total. The van der Waals surface area contributed by atoms with Crippen molar-refractivity contribution in [3.8, 4) is 22.6 Å². The van der Waals surface area contributed by atoms with Crippen molar-refractivity contribution in [3.05, 3.63) is 120 Å². The molecule has 0 radical (unpaired) electrons. The van der Waals surface area contributed by atoms with E-state index in [9.17, 15) is 24.3 Å². The SMILES string of the molecule is CC(C)C[C@@H](C(=O)N[C@@H](CC(=O)O)c1ccc2c(c1)OCO2)N1C(=O)N(Cc2ccc(-c3ccccc3)cc2)[C@@](C)(c2ccccc2)C1=O.[HH]. The lowest BCUT2D eigenvalue weighted by Gasteiger charge is -2.32. The van der Waals surface area contributed by atoms with Gasteiger partial charge in [-0.05, 0) is 59.2 Å². The lowest BCUT2D eigenvalue weighted by Crippen LogP contribution is -2.52. The molecule has 0 aromatic heterocycles. The van der Waals surface area contributed by atoms with Crippen molar-refractivity contribution in [2.75, 3.05) is 6.79 Å². The van der Waals surface area contributed by atoms with Gasteiger partial charge in [0.25, 0.3) is 5.91 Å². The van der Waals surface area contributed by atoms with E-state index in [1.165, 1.54) is 4.90 Å². The Kier molecular flexibility index (Phi) is 9.40. The lowest BCUT2D eigenvalue weighted by atomic mass is 9.89. The molecule has 1 fully saturated rings. The van der Waals surface area contributed by atoms with Crippen molar-refractivity contribution in [3.63, 3.8) is 0 Å². The number of rotatable bonds is 12. The maximum Gasteiger partial charge on any atom is 0.329 e. The molecule has 0 saturated carbocycles. The fraction of sp³-hybridized carbons (Fsp3) is 0.282. The van der Waals surface area contributed by atoms with E-state index in [2.05, 4.69) is 5.32 Å². The standard InChI is InChI=1S/C39H39N3O7.H2/c1-25(2)20-32(36(45)40-31(22-35(43)44)29-18-19-33-34(21-29)49-24-48-33)42-37(46)39(3,30-12-8-5-9-13-30)41(38(42)47)23-26-14-16-28(17-15-26)27-10-6-4-7-11-27;/h4-19,21,25,31-32H,20,22-24H2,1-3H3,(H,40,45)(H,43,44);1H/t31-,32-,39-;/m0./s1. The number of carboxylic acid groups (broad SMARTS) is 1. The minimum atomic E-state index is -1.41. The first-order valence-corrected chi connectivity index (χ1v) is 16.3. The molecular formula is C39H41N3O7. The van der Waals surface area contributed by atoms with Crippen LogP contribution in [0.1, 0.15) is 57.8 Å². The predicted molar refractivity (Wildman–Crippen MR) is 185 cm³/mol. The van der Waals surface area contributed by atoms with Gasteiger partial charge in [0.2, 0.25) is 12.7 Å². The van der Waals surface area contributed by atoms with Gasteiger partial charge in [0.1, 0.15) is 11.6 Å². The van der Waals surface area contributed by atoms with Crippen molar-refractivity contribution < 1.29 is 35.2 Å². The molecule has 254 valence electrons. The molecule has 10 nitrogen and oxygen atoms in total. The highest BCUT2D eigenvalue weighted by atomic mass is 16.7. The first kappa shape index (κ1) is 33.3. The number of amides is 4. The van der Waals surface area contributed by atoms with Crippen LogP contribution in [0, 0.1) is 5.92 Å². The summed E-state index contributed by atoms with van der Waals surface area (Å²) in [6.07, 6.45) is -0.247. The third-order valence-corrected chi connectivity index (χ3v) is 9.15. The van der Waals surface area contributed by atoms with Gasteiger partial charge in [-0.25, -0.2) is 9.69 Å². The average Bonchev–Trinajstić information content (AvgIpc) is 3.65. The second-order valence-electron chi connectivity index (χ2n) is 13.0. The van der Waals surface area contributed by atoms with Crippen LogP contribution in [0.5, 0.6) is 11.5 Å². The number of hydrogen-bond donors (Lipinski definition) is 2. The zero-order valence-electron chi connectivity index (χ0n) is 27.7. The number of nitrogens with zero attached hydrogens (tertiary/aromatic N) is 2. The monoisotopic (exact) mass is 663 g/mol. The van der Waals surface area contributed by atoms with Gasteiger partial charge in [0, 0.05) is 7.97 Å². The summed E-state index contributed by atoms with van der Waals surface area (Å²) >= 11 is 0. The highest BCUT2D eigenvalue weighted by Gasteiger charge is 2.58. The number of aliphatic carboxylic acids is 1. The zero-order valence-corrected chi connectivity index (χ0v) is 27.7. The summed E-state index contributed by atoms with van der Waals surface area (Å²) in [7, 11) is 0. The second-order valence-corrected chi connectivity index (χ2v) is 13.0. The first-order chi connectivity index (χ1) is 23.6. The third-order valence-electron chi connectivity index (χ3n) is 9.15. The van der Waals surface area contributed by atoms with Crippen molar-refractivity contribution in [2.45, 2.75) is 57.8 Å². The van der Waals surface area contributed by atoms with Crippen LogP contribution < -0.4 is 14.8 Å². The molecule has 3 atom stereocenters. The van der Waals surface area contributed by atoms with Crippen LogP contribution in [0.15, 0.2) is 103 Å². The molecule has 0 bridgehead atoms. The predicted octanol–water partition coefficient (Wildman–Crippen LogP) is 6.75. The number of carboxylic acids is 1.